The van der Waals surface area contributed by atoms with E-state index < -0.39 is 53.8 Å². The maximum absolute atomic E-state index is 12.3. The highest BCUT2D eigenvalue weighted by Crippen LogP contribution is 2.00. The molecular weight excluding hydrogens is 366 g/mol. The maximum atomic E-state index is 12.3. The van der Waals surface area contributed by atoms with E-state index in [2.05, 4.69) is 28.6 Å². The van der Waals surface area contributed by atoms with Crippen molar-refractivity contribution in [2.45, 2.75) is 50.9 Å². The zero-order chi connectivity index (χ0) is 20.4. The fraction of sp³-hybridized carbons (Fsp3) is 0.643. The van der Waals surface area contributed by atoms with Crippen LogP contribution in [-0.4, -0.2) is 64.6 Å². The van der Waals surface area contributed by atoms with Crippen molar-refractivity contribution in [3.8, 4) is 0 Å². The van der Waals surface area contributed by atoms with Crippen molar-refractivity contribution in [2.75, 3.05) is 5.75 Å². The molecular formula is C14H25N5O6S. The Kier molecular flexibility index (Phi) is 10.3. The number of aliphatic carboxylic acids is 1. The summed E-state index contributed by atoms with van der Waals surface area (Å²) in [6, 6.07) is -4.32. The van der Waals surface area contributed by atoms with Gasteiger partial charge in [-0.25, -0.2) is 0 Å². The molecule has 0 spiro atoms. The Bertz CT molecular complexity index is 558. The van der Waals surface area contributed by atoms with Crippen LogP contribution < -0.4 is 27.4 Å². The summed E-state index contributed by atoms with van der Waals surface area (Å²) in [6.07, 6.45) is -0.267. The van der Waals surface area contributed by atoms with Crippen LogP contribution in [0.2, 0.25) is 0 Å². The summed E-state index contributed by atoms with van der Waals surface area (Å²) in [4.78, 5) is 57.7. The summed E-state index contributed by atoms with van der Waals surface area (Å²) < 4.78 is 0. The van der Waals surface area contributed by atoms with Crippen molar-refractivity contribution >= 4 is 42.2 Å². The number of amides is 4. The monoisotopic (exact) mass is 391 g/mol. The number of carboxylic acid groups (broad SMARTS) is 1. The second-order valence-corrected chi connectivity index (χ2v) is 6.02. The van der Waals surface area contributed by atoms with Crippen LogP contribution >= 0.6 is 12.6 Å². The number of carbonyl (C=O) groups is 5. The van der Waals surface area contributed by atoms with Gasteiger partial charge < -0.3 is 32.5 Å². The molecule has 0 radical (unpaired) electrons. The first kappa shape index (κ1) is 23.7. The lowest BCUT2D eigenvalue weighted by molar-refractivity contribution is -0.141. The Morgan fingerprint density at radius 2 is 1.50 bits per heavy atom. The topological polar surface area (TPSA) is 194 Å². The quantitative estimate of drug-likeness (QED) is 0.183. The number of thiol groups is 1. The SMILES string of the molecule is CC(NC(=O)C(C)NC(=O)C(CCC(N)=O)NC(=O)C(N)CS)C(=O)O. The molecule has 0 aliphatic rings. The molecule has 4 atom stereocenters. The van der Waals surface area contributed by atoms with Crippen molar-refractivity contribution in [3.63, 3.8) is 0 Å². The van der Waals surface area contributed by atoms with Crippen LogP contribution in [0.3, 0.4) is 0 Å². The van der Waals surface area contributed by atoms with Crippen LogP contribution in [0.15, 0.2) is 0 Å². The second kappa shape index (κ2) is 11.3. The van der Waals surface area contributed by atoms with Gasteiger partial charge in [0.25, 0.3) is 0 Å². The average molecular weight is 391 g/mol. The third kappa shape index (κ3) is 8.67. The lowest BCUT2D eigenvalue weighted by atomic mass is 10.1. The molecule has 0 heterocycles. The molecule has 26 heavy (non-hydrogen) atoms. The van der Waals surface area contributed by atoms with Gasteiger partial charge in [0.05, 0.1) is 6.04 Å². The molecule has 0 aliphatic heterocycles. The van der Waals surface area contributed by atoms with Crippen LogP contribution in [-0.2, 0) is 24.0 Å². The van der Waals surface area contributed by atoms with E-state index in [4.69, 9.17) is 16.6 Å². The van der Waals surface area contributed by atoms with Gasteiger partial charge in [0, 0.05) is 12.2 Å². The minimum Gasteiger partial charge on any atom is -0.480 e. The Hall–Kier alpha value is -2.34. The normalized spacial score (nSPS) is 15.1. The summed E-state index contributed by atoms with van der Waals surface area (Å²) in [6.45, 7) is 2.61. The maximum Gasteiger partial charge on any atom is 0.325 e. The lowest BCUT2D eigenvalue weighted by Gasteiger charge is -2.22. The van der Waals surface area contributed by atoms with Crippen molar-refractivity contribution in [1.82, 2.24) is 16.0 Å². The van der Waals surface area contributed by atoms with Crippen LogP contribution in [0.1, 0.15) is 26.7 Å². The van der Waals surface area contributed by atoms with Crippen LogP contribution in [0.4, 0.5) is 0 Å². The molecule has 0 aliphatic carbocycles. The third-order valence-electron chi connectivity index (χ3n) is 3.33. The van der Waals surface area contributed by atoms with E-state index in [0.717, 1.165) is 0 Å². The van der Waals surface area contributed by atoms with E-state index in [1.165, 1.54) is 13.8 Å². The molecule has 0 aromatic carbocycles. The summed E-state index contributed by atoms with van der Waals surface area (Å²) in [5.41, 5.74) is 10.6. The molecule has 0 fully saturated rings. The Labute approximate surface area is 156 Å². The molecule has 0 aromatic heterocycles. The molecule has 8 N–H and O–H groups in total. The van der Waals surface area contributed by atoms with Crippen LogP contribution in [0.5, 0.6) is 0 Å². The molecule has 148 valence electrons. The van der Waals surface area contributed by atoms with Crippen molar-refractivity contribution < 1.29 is 29.1 Å². The highest BCUT2D eigenvalue weighted by molar-refractivity contribution is 7.80. The molecule has 0 aromatic rings. The van der Waals surface area contributed by atoms with E-state index in [-0.39, 0.29) is 18.6 Å². The summed E-state index contributed by atoms with van der Waals surface area (Å²) >= 11 is 3.88. The Morgan fingerprint density at radius 1 is 0.962 bits per heavy atom. The van der Waals surface area contributed by atoms with Crippen molar-refractivity contribution in [1.29, 1.82) is 0 Å². The van der Waals surface area contributed by atoms with Crippen molar-refractivity contribution in [2.24, 2.45) is 11.5 Å². The van der Waals surface area contributed by atoms with Crippen LogP contribution in [0.25, 0.3) is 0 Å². The highest BCUT2D eigenvalue weighted by atomic mass is 32.1. The van der Waals surface area contributed by atoms with Gasteiger partial charge in [-0.1, -0.05) is 0 Å². The summed E-state index contributed by atoms with van der Waals surface area (Å²) in [7, 11) is 0. The van der Waals surface area contributed by atoms with Gasteiger partial charge in [0.15, 0.2) is 0 Å². The zero-order valence-electron chi connectivity index (χ0n) is 14.5. The third-order valence-corrected chi connectivity index (χ3v) is 3.72. The number of hydrogen-bond donors (Lipinski definition) is 7. The fourth-order valence-corrected chi connectivity index (χ4v) is 1.86. The molecule has 0 saturated carbocycles. The summed E-state index contributed by atoms with van der Waals surface area (Å²) in [5.74, 6) is -3.97. The Morgan fingerprint density at radius 3 is 1.96 bits per heavy atom. The molecule has 0 bridgehead atoms. The van der Waals surface area contributed by atoms with Gasteiger partial charge in [0.1, 0.15) is 18.1 Å². The standard InChI is InChI=1S/C14H25N5O6S/c1-6(11(21)18-7(2)14(24)25)17-13(23)9(3-4-10(16)20)19-12(22)8(15)5-26/h6-9,26H,3-5,15H2,1-2H3,(H2,16,20)(H,17,23)(H,18,21)(H,19,22)(H,24,25). The van der Waals surface area contributed by atoms with Gasteiger partial charge in [-0.2, -0.15) is 12.6 Å². The van der Waals surface area contributed by atoms with Crippen LogP contribution in [0, 0.1) is 0 Å². The lowest BCUT2D eigenvalue weighted by Crippen LogP contribution is -2.56. The van der Waals surface area contributed by atoms with Gasteiger partial charge in [-0.3, -0.25) is 24.0 Å². The summed E-state index contributed by atoms with van der Waals surface area (Å²) in [5, 5.41) is 15.7. The van der Waals surface area contributed by atoms with E-state index in [9.17, 15) is 24.0 Å². The number of rotatable bonds is 11. The molecule has 4 unspecified atom stereocenters. The van der Waals surface area contributed by atoms with Gasteiger partial charge in [-0.05, 0) is 20.3 Å². The van der Waals surface area contributed by atoms with E-state index in [0.29, 0.717) is 0 Å². The first-order chi connectivity index (χ1) is 12.0. The average Bonchev–Trinajstić information content (AvgIpc) is 2.56. The minimum absolute atomic E-state index is 0.0435. The zero-order valence-corrected chi connectivity index (χ0v) is 15.4. The largest absolute Gasteiger partial charge is 0.480 e. The molecule has 11 nitrogen and oxygen atoms in total. The smallest absolute Gasteiger partial charge is 0.325 e. The van der Waals surface area contributed by atoms with E-state index >= 15 is 0 Å². The minimum atomic E-state index is -1.23. The predicted molar refractivity (Wildman–Crippen MR) is 95.0 cm³/mol. The number of carboxylic acids is 1. The number of primary amides is 1. The predicted octanol–water partition coefficient (Wildman–Crippen LogP) is -2.91. The molecule has 0 rings (SSSR count). The first-order valence-corrected chi connectivity index (χ1v) is 8.41. The molecule has 4 amide bonds. The number of carbonyl (C=O) groups excluding carboxylic acids is 4. The molecule has 0 saturated heterocycles. The first-order valence-electron chi connectivity index (χ1n) is 7.78. The van der Waals surface area contributed by atoms with Gasteiger partial charge >= 0.3 is 5.97 Å². The van der Waals surface area contributed by atoms with Gasteiger partial charge in [-0.15, -0.1) is 0 Å². The van der Waals surface area contributed by atoms with E-state index in [1.807, 2.05) is 0 Å². The molecule has 12 heteroatoms. The van der Waals surface area contributed by atoms with Gasteiger partial charge in [0.2, 0.25) is 23.6 Å². The van der Waals surface area contributed by atoms with Crippen molar-refractivity contribution in [3.05, 3.63) is 0 Å². The van der Waals surface area contributed by atoms with E-state index in [1.54, 1.807) is 0 Å². The second-order valence-electron chi connectivity index (χ2n) is 5.65. The Balaban J connectivity index is 4.93. The fourth-order valence-electron chi connectivity index (χ4n) is 1.70. The highest BCUT2D eigenvalue weighted by Gasteiger charge is 2.27. The number of hydrogen-bond acceptors (Lipinski definition) is 7. The number of nitrogens with one attached hydrogen (secondary N) is 3. The number of nitrogens with two attached hydrogens (primary N) is 2.